The average molecular weight is 457 g/mol. The van der Waals surface area contributed by atoms with Crippen LogP contribution in [0.5, 0.6) is 10.9 Å². The lowest BCUT2D eigenvalue weighted by Crippen LogP contribution is -2.40. The van der Waals surface area contributed by atoms with Crippen LogP contribution in [0, 0.1) is 0 Å². The molecule has 32 heavy (non-hydrogen) atoms. The highest BCUT2D eigenvalue weighted by atomic mass is 32.1. The van der Waals surface area contributed by atoms with Crippen LogP contribution in [0.4, 0.5) is 0 Å². The summed E-state index contributed by atoms with van der Waals surface area (Å²) in [6.07, 6.45) is 3.55. The van der Waals surface area contributed by atoms with E-state index in [1.54, 1.807) is 6.20 Å². The van der Waals surface area contributed by atoms with Crippen LogP contribution in [-0.2, 0) is 16.1 Å². The third-order valence-corrected chi connectivity index (χ3v) is 5.89. The molecule has 10 heteroatoms. The topological polar surface area (TPSA) is 110 Å². The SMILES string of the molecule is O=CO.c1cnc2nc(Oc3ccc4c(CNCCN5CCOCC5)coc4c3)sc2c1. The number of morpholine rings is 1. The molecule has 4 heterocycles. The standard InChI is InChI=1S/C21H22N4O3S.CH2O2/c1-2-19-20(23-5-1)24-21(29-19)28-16-3-4-17-15(14-27-18(17)12-16)13-22-6-7-25-8-10-26-11-9-25;2-1-3/h1-5,12,14,22H,6-11,13H2;1H,(H,2,3). The van der Waals surface area contributed by atoms with Crippen LogP contribution < -0.4 is 10.1 Å². The lowest BCUT2D eigenvalue weighted by Gasteiger charge is -2.26. The largest absolute Gasteiger partial charge is 0.483 e. The van der Waals surface area contributed by atoms with Crippen molar-refractivity contribution in [3.8, 4) is 10.9 Å². The predicted octanol–water partition coefficient (Wildman–Crippen LogP) is 3.35. The first-order chi connectivity index (χ1) is 15.8. The van der Waals surface area contributed by atoms with Gasteiger partial charge in [-0.1, -0.05) is 11.3 Å². The summed E-state index contributed by atoms with van der Waals surface area (Å²) in [5.41, 5.74) is 2.67. The maximum atomic E-state index is 8.36. The van der Waals surface area contributed by atoms with Gasteiger partial charge in [-0.15, -0.1) is 0 Å². The van der Waals surface area contributed by atoms with Gasteiger partial charge in [0.1, 0.15) is 11.3 Å². The molecular formula is C22H24N4O5S. The summed E-state index contributed by atoms with van der Waals surface area (Å²) >= 11 is 1.48. The summed E-state index contributed by atoms with van der Waals surface area (Å²) in [5, 5.41) is 12.1. The number of benzene rings is 1. The number of hydrogen-bond acceptors (Lipinski definition) is 9. The van der Waals surface area contributed by atoms with Crippen LogP contribution in [-0.4, -0.2) is 65.8 Å². The van der Waals surface area contributed by atoms with Crippen LogP contribution in [0.2, 0.25) is 0 Å². The van der Waals surface area contributed by atoms with Crippen molar-refractivity contribution in [2.45, 2.75) is 6.54 Å². The molecule has 0 amide bonds. The van der Waals surface area contributed by atoms with Gasteiger partial charge >= 0.3 is 0 Å². The van der Waals surface area contributed by atoms with Gasteiger partial charge < -0.3 is 24.3 Å². The quantitative estimate of drug-likeness (QED) is 0.319. The zero-order valence-electron chi connectivity index (χ0n) is 17.4. The van der Waals surface area contributed by atoms with Crippen molar-refractivity contribution in [2.75, 3.05) is 39.4 Å². The van der Waals surface area contributed by atoms with Gasteiger partial charge in [0.15, 0.2) is 5.65 Å². The Kier molecular flexibility index (Phi) is 7.62. The summed E-state index contributed by atoms with van der Waals surface area (Å²) in [6.45, 7) is 6.22. The molecule has 1 aliphatic heterocycles. The van der Waals surface area contributed by atoms with Crippen molar-refractivity contribution >= 4 is 39.1 Å². The third kappa shape index (κ3) is 5.60. The van der Waals surface area contributed by atoms with Gasteiger partial charge in [0.2, 0.25) is 0 Å². The van der Waals surface area contributed by atoms with E-state index in [-0.39, 0.29) is 6.47 Å². The second kappa shape index (κ2) is 11.0. The molecule has 0 aliphatic carbocycles. The molecule has 1 fully saturated rings. The number of thiazole rings is 1. The molecule has 9 nitrogen and oxygen atoms in total. The lowest BCUT2D eigenvalue weighted by atomic mass is 10.1. The average Bonchev–Trinajstić information content (AvgIpc) is 3.41. The number of hydrogen-bond donors (Lipinski definition) is 2. The van der Waals surface area contributed by atoms with Gasteiger partial charge in [-0.25, -0.2) is 4.98 Å². The molecule has 3 aromatic heterocycles. The Balaban J connectivity index is 0.000000775. The molecule has 1 saturated heterocycles. The van der Waals surface area contributed by atoms with Crippen LogP contribution in [0.15, 0.2) is 47.2 Å². The lowest BCUT2D eigenvalue weighted by molar-refractivity contribution is -0.122. The Hall–Kier alpha value is -3.05. The number of ether oxygens (including phenoxy) is 2. The number of carboxylic acid groups (broad SMARTS) is 1. The van der Waals surface area contributed by atoms with Gasteiger partial charge in [0, 0.05) is 55.9 Å². The van der Waals surface area contributed by atoms with Crippen LogP contribution in [0.3, 0.4) is 0 Å². The summed E-state index contributed by atoms with van der Waals surface area (Å²) < 4.78 is 18.1. The summed E-state index contributed by atoms with van der Waals surface area (Å²) in [7, 11) is 0. The summed E-state index contributed by atoms with van der Waals surface area (Å²) in [5.74, 6) is 0.706. The molecular weight excluding hydrogens is 432 g/mol. The molecule has 0 unspecified atom stereocenters. The molecule has 0 spiro atoms. The molecule has 1 aliphatic rings. The fourth-order valence-electron chi connectivity index (χ4n) is 3.44. The van der Waals surface area contributed by atoms with Crippen molar-refractivity contribution < 1.29 is 23.8 Å². The van der Waals surface area contributed by atoms with E-state index < -0.39 is 0 Å². The fourth-order valence-corrected chi connectivity index (χ4v) is 4.24. The van der Waals surface area contributed by atoms with Crippen LogP contribution in [0.25, 0.3) is 21.3 Å². The fraction of sp³-hybridized carbons (Fsp3) is 0.318. The first-order valence-electron chi connectivity index (χ1n) is 10.2. The van der Waals surface area contributed by atoms with E-state index in [4.69, 9.17) is 23.8 Å². The predicted molar refractivity (Wildman–Crippen MR) is 121 cm³/mol. The Morgan fingerprint density at radius 2 is 2.12 bits per heavy atom. The number of aromatic nitrogens is 2. The van der Waals surface area contributed by atoms with Crippen LogP contribution >= 0.6 is 11.3 Å². The minimum Gasteiger partial charge on any atom is -0.483 e. The molecule has 0 radical (unpaired) electrons. The zero-order valence-corrected chi connectivity index (χ0v) is 18.2. The summed E-state index contributed by atoms with van der Waals surface area (Å²) in [6, 6.07) is 9.79. The molecule has 5 rings (SSSR count). The van der Waals surface area contributed by atoms with Crippen LogP contribution in [0.1, 0.15) is 5.56 Å². The van der Waals surface area contributed by atoms with E-state index in [1.165, 1.54) is 11.3 Å². The van der Waals surface area contributed by atoms with Gasteiger partial charge in [-0.05, 0) is 24.3 Å². The van der Waals surface area contributed by atoms with Crippen molar-refractivity contribution in [3.05, 3.63) is 48.4 Å². The minimum atomic E-state index is -0.250. The van der Waals surface area contributed by atoms with Gasteiger partial charge in [-0.2, -0.15) is 4.98 Å². The first-order valence-corrected chi connectivity index (χ1v) is 11.1. The monoisotopic (exact) mass is 456 g/mol. The first kappa shape index (κ1) is 22.2. The smallest absolute Gasteiger partial charge is 0.290 e. The molecule has 4 aromatic rings. The van der Waals surface area contributed by atoms with Crippen molar-refractivity contribution in [1.82, 2.24) is 20.2 Å². The number of nitrogens with one attached hydrogen (secondary N) is 1. The second-order valence-electron chi connectivity index (χ2n) is 7.06. The second-order valence-corrected chi connectivity index (χ2v) is 8.06. The maximum absolute atomic E-state index is 8.36. The van der Waals surface area contributed by atoms with E-state index in [1.807, 2.05) is 36.6 Å². The number of carbonyl (C=O) groups is 1. The minimum absolute atomic E-state index is 0.250. The van der Waals surface area contributed by atoms with Crippen molar-refractivity contribution in [1.29, 1.82) is 0 Å². The van der Waals surface area contributed by atoms with Crippen molar-refractivity contribution in [2.24, 2.45) is 0 Å². The molecule has 0 atom stereocenters. The van der Waals surface area contributed by atoms with E-state index in [0.29, 0.717) is 16.6 Å². The van der Waals surface area contributed by atoms with Gasteiger partial charge in [-0.3, -0.25) is 9.69 Å². The maximum Gasteiger partial charge on any atom is 0.290 e. The van der Waals surface area contributed by atoms with E-state index >= 15 is 0 Å². The highest BCUT2D eigenvalue weighted by molar-refractivity contribution is 7.20. The van der Waals surface area contributed by atoms with E-state index in [9.17, 15) is 0 Å². The van der Waals surface area contributed by atoms with Crippen molar-refractivity contribution in [3.63, 3.8) is 0 Å². The number of rotatable bonds is 7. The van der Waals surface area contributed by atoms with Gasteiger partial charge in [0.05, 0.1) is 24.2 Å². The Bertz CT molecular complexity index is 1120. The highest BCUT2D eigenvalue weighted by Gasteiger charge is 2.12. The zero-order chi connectivity index (χ0) is 22.2. The van der Waals surface area contributed by atoms with Gasteiger partial charge in [0.25, 0.3) is 11.7 Å². The Morgan fingerprint density at radius 3 is 2.94 bits per heavy atom. The number of fused-ring (bicyclic) bond motifs is 2. The number of furan rings is 1. The molecule has 0 bridgehead atoms. The normalized spacial score (nSPS) is 14.2. The molecule has 168 valence electrons. The highest BCUT2D eigenvalue weighted by Crippen LogP contribution is 2.32. The number of pyridine rings is 1. The Morgan fingerprint density at radius 1 is 1.28 bits per heavy atom. The Labute approximate surface area is 188 Å². The molecule has 1 aromatic carbocycles. The van der Waals surface area contributed by atoms with E-state index in [0.717, 1.165) is 67.2 Å². The van der Waals surface area contributed by atoms with E-state index in [2.05, 4.69) is 20.2 Å². The molecule has 0 saturated carbocycles. The number of nitrogens with zero attached hydrogens (tertiary/aromatic N) is 3. The molecule has 2 N–H and O–H groups in total. The third-order valence-electron chi connectivity index (χ3n) is 5.00. The summed E-state index contributed by atoms with van der Waals surface area (Å²) in [4.78, 5) is 19.4.